The molecular formula is C14H21N3OS. The minimum atomic E-state index is -0.0190. The van der Waals surface area contributed by atoms with Gasteiger partial charge in [-0.15, -0.1) is 0 Å². The van der Waals surface area contributed by atoms with E-state index in [-0.39, 0.29) is 5.91 Å². The summed E-state index contributed by atoms with van der Waals surface area (Å²) < 4.78 is 0. The fraction of sp³-hybridized carbons (Fsp3) is 0.500. The number of carbonyl (C=O) groups is 1. The number of hydrogen-bond donors (Lipinski definition) is 2. The maximum Gasteiger partial charge on any atom is 0.251 e. The van der Waals surface area contributed by atoms with Gasteiger partial charge in [0.2, 0.25) is 0 Å². The van der Waals surface area contributed by atoms with Crippen LogP contribution in [0.1, 0.15) is 15.9 Å². The van der Waals surface area contributed by atoms with Gasteiger partial charge in [0.25, 0.3) is 5.91 Å². The normalized spacial score (nSPS) is 16.3. The van der Waals surface area contributed by atoms with Gasteiger partial charge in [0.1, 0.15) is 0 Å². The van der Waals surface area contributed by atoms with Gasteiger partial charge in [-0.05, 0) is 30.7 Å². The van der Waals surface area contributed by atoms with Crippen molar-refractivity contribution in [3.05, 3.63) is 29.3 Å². The summed E-state index contributed by atoms with van der Waals surface area (Å²) in [6.07, 6.45) is 0. The molecule has 1 fully saturated rings. The molecule has 1 aliphatic heterocycles. The predicted octanol–water partition coefficient (Wildman–Crippen LogP) is 1.36. The third-order valence-electron chi connectivity index (χ3n) is 3.35. The second-order valence-corrected chi connectivity index (χ2v) is 6.01. The van der Waals surface area contributed by atoms with Gasteiger partial charge < -0.3 is 11.1 Å². The molecule has 3 N–H and O–H groups in total. The molecule has 0 unspecified atom stereocenters. The molecule has 1 aromatic carbocycles. The molecule has 0 atom stereocenters. The number of nitrogen functional groups attached to an aromatic ring is 1. The number of amides is 1. The Hall–Kier alpha value is -1.20. The molecule has 1 amide bonds. The van der Waals surface area contributed by atoms with Crippen LogP contribution in [0.2, 0.25) is 0 Å². The van der Waals surface area contributed by atoms with E-state index in [1.165, 1.54) is 11.5 Å². The van der Waals surface area contributed by atoms with Crippen molar-refractivity contribution in [3.8, 4) is 0 Å². The van der Waals surface area contributed by atoms with E-state index in [2.05, 4.69) is 10.2 Å². The van der Waals surface area contributed by atoms with E-state index < -0.39 is 0 Å². The number of anilines is 1. The van der Waals surface area contributed by atoms with Crippen LogP contribution in [0.3, 0.4) is 0 Å². The average Bonchev–Trinajstić information content (AvgIpc) is 2.43. The van der Waals surface area contributed by atoms with Crippen LogP contribution in [0, 0.1) is 6.92 Å². The standard InChI is InChI=1S/C14H21N3OS/c1-11-10-12(2-3-13(11)15)14(18)16-4-5-17-6-8-19-9-7-17/h2-3,10H,4-9,15H2,1H3,(H,16,18). The summed E-state index contributed by atoms with van der Waals surface area (Å²) in [5.41, 5.74) is 8.10. The second-order valence-electron chi connectivity index (χ2n) is 4.78. The second kappa shape index (κ2) is 6.82. The highest BCUT2D eigenvalue weighted by Gasteiger charge is 2.11. The Kier molecular flexibility index (Phi) is 5.10. The van der Waals surface area contributed by atoms with Gasteiger partial charge in [-0.2, -0.15) is 11.8 Å². The summed E-state index contributed by atoms with van der Waals surface area (Å²) in [7, 11) is 0. The average molecular weight is 279 g/mol. The van der Waals surface area contributed by atoms with Crippen molar-refractivity contribution in [2.24, 2.45) is 0 Å². The van der Waals surface area contributed by atoms with Crippen LogP contribution in [0.25, 0.3) is 0 Å². The van der Waals surface area contributed by atoms with E-state index in [1.807, 2.05) is 24.8 Å². The number of hydrogen-bond acceptors (Lipinski definition) is 4. The van der Waals surface area contributed by atoms with E-state index >= 15 is 0 Å². The number of carbonyl (C=O) groups excluding carboxylic acids is 1. The predicted molar refractivity (Wildman–Crippen MR) is 81.7 cm³/mol. The fourth-order valence-corrected chi connectivity index (χ4v) is 3.05. The summed E-state index contributed by atoms with van der Waals surface area (Å²) in [5.74, 6) is 2.38. The third-order valence-corrected chi connectivity index (χ3v) is 4.29. The Morgan fingerprint density at radius 1 is 1.42 bits per heavy atom. The lowest BCUT2D eigenvalue weighted by Crippen LogP contribution is -2.39. The molecule has 1 heterocycles. The number of thioether (sulfide) groups is 1. The van der Waals surface area contributed by atoms with Crippen molar-refractivity contribution in [2.45, 2.75) is 6.92 Å². The van der Waals surface area contributed by atoms with E-state index in [4.69, 9.17) is 5.73 Å². The van der Waals surface area contributed by atoms with Gasteiger partial charge in [0, 0.05) is 48.9 Å². The number of nitrogens with zero attached hydrogens (tertiary/aromatic N) is 1. The first kappa shape index (κ1) is 14.2. The Bertz CT molecular complexity index is 444. The third kappa shape index (κ3) is 4.14. The zero-order valence-electron chi connectivity index (χ0n) is 11.3. The first-order chi connectivity index (χ1) is 9.16. The molecule has 2 rings (SSSR count). The lowest BCUT2D eigenvalue weighted by Gasteiger charge is -2.26. The largest absolute Gasteiger partial charge is 0.399 e. The van der Waals surface area contributed by atoms with Crippen molar-refractivity contribution >= 4 is 23.4 Å². The highest BCUT2D eigenvalue weighted by Crippen LogP contribution is 2.12. The van der Waals surface area contributed by atoms with Gasteiger partial charge in [-0.25, -0.2) is 0 Å². The lowest BCUT2D eigenvalue weighted by molar-refractivity contribution is 0.0949. The molecule has 19 heavy (non-hydrogen) atoms. The van der Waals surface area contributed by atoms with Gasteiger partial charge in [-0.3, -0.25) is 9.69 Å². The topological polar surface area (TPSA) is 58.4 Å². The molecule has 0 spiro atoms. The molecule has 0 saturated carbocycles. The molecule has 1 aromatic rings. The molecule has 5 heteroatoms. The Morgan fingerprint density at radius 3 is 2.84 bits per heavy atom. The maximum absolute atomic E-state index is 12.0. The first-order valence-corrected chi connectivity index (χ1v) is 7.77. The number of aryl methyl sites for hydroxylation is 1. The van der Waals surface area contributed by atoms with Crippen LogP contribution in [0.5, 0.6) is 0 Å². The fourth-order valence-electron chi connectivity index (χ4n) is 2.07. The van der Waals surface area contributed by atoms with Gasteiger partial charge in [0.15, 0.2) is 0 Å². The van der Waals surface area contributed by atoms with Crippen LogP contribution in [0.15, 0.2) is 18.2 Å². The zero-order chi connectivity index (χ0) is 13.7. The van der Waals surface area contributed by atoms with Crippen LogP contribution < -0.4 is 11.1 Å². The van der Waals surface area contributed by atoms with Crippen molar-refractivity contribution in [1.29, 1.82) is 0 Å². The van der Waals surface area contributed by atoms with E-state index in [0.717, 1.165) is 30.9 Å². The summed E-state index contributed by atoms with van der Waals surface area (Å²) in [6, 6.07) is 5.39. The molecule has 1 aliphatic rings. The molecule has 0 bridgehead atoms. The molecule has 0 radical (unpaired) electrons. The maximum atomic E-state index is 12.0. The number of nitrogens with one attached hydrogen (secondary N) is 1. The van der Waals surface area contributed by atoms with E-state index in [0.29, 0.717) is 12.1 Å². The van der Waals surface area contributed by atoms with Crippen LogP contribution in [0.4, 0.5) is 5.69 Å². The lowest BCUT2D eigenvalue weighted by atomic mass is 10.1. The quantitative estimate of drug-likeness (QED) is 0.817. The van der Waals surface area contributed by atoms with Crippen LogP contribution in [-0.2, 0) is 0 Å². The van der Waals surface area contributed by atoms with Gasteiger partial charge >= 0.3 is 0 Å². The van der Waals surface area contributed by atoms with Crippen LogP contribution >= 0.6 is 11.8 Å². The van der Waals surface area contributed by atoms with Crippen molar-refractivity contribution in [1.82, 2.24) is 10.2 Å². The van der Waals surface area contributed by atoms with Gasteiger partial charge in [-0.1, -0.05) is 0 Å². The molecule has 0 aliphatic carbocycles. The molecule has 4 nitrogen and oxygen atoms in total. The Balaban J connectivity index is 1.78. The smallest absolute Gasteiger partial charge is 0.251 e. The highest BCUT2D eigenvalue weighted by atomic mass is 32.2. The van der Waals surface area contributed by atoms with Crippen molar-refractivity contribution < 1.29 is 4.79 Å². The summed E-state index contributed by atoms with van der Waals surface area (Å²) in [5, 5.41) is 2.96. The van der Waals surface area contributed by atoms with Crippen molar-refractivity contribution in [3.63, 3.8) is 0 Å². The monoisotopic (exact) mass is 279 g/mol. The molecule has 1 saturated heterocycles. The van der Waals surface area contributed by atoms with E-state index in [1.54, 1.807) is 12.1 Å². The van der Waals surface area contributed by atoms with Crippen molar-refractivity contribution in [2.75, 3.05) is 43.4 Å². The SMILES string of the molecule is Cc1cc(C(=O)NCCN2CCSCC2)ccc1N. The highest BCUT2D eigenvalue weighted by molar-refractivity contribution is 7.99. The number of nitrogens with two attached hydrogens (primary N) is 1. The minimum Gasteiger partial charge on any atom is -0.399 e. The Morgan fingerprint density at radius 2 is 2.16 bits per heavy atom. The Labute approximate surface area is 118 Å². The number of rotatable bonds is 4. The van der Waals surface area contributed by atoms with Crippen LogP contribution in [-0.4, -0.2) is 48.5 Å². The molecule has 0 aromatic heterocycles. The summed E-state index contributed by atoms with van der Waals surface area (Å²) >= 11 is 2.00. The summed E-state index contributed by atoms with van der Waals surface area (Å²) in [6.45, 7) is 5.80. The zero-order valence-corrected chi connectivity index (χ0v) is 12.1. The number of benzene rings is 1. The first-order valence-electron chi connectivity index (χ1n) is 6.61. The van der Waals surface area contributed by atoms with Gasteiger partial charge in [0.05, 0.1) is 0 Å². The molecular weight excluding hydrogens is 258 g/mol. The van der Waals surface area contributed by atoms with E-state index in [9.17, 15) is 4.79 Å². The minimum absolute atomic E-state index is 0.0190. The summed E-state index contributed by atoms with van der Waals surface area (Å²) in [4.78, 5) is 14.4. The molecule has 104 valence electrons.